The number of non-ortho nitro benzene ring substituents is 1. The van der Waals surface area contributed by atoms with Gasteiger partial charge in [0, 0.05) is 12.6 Å². The van der Waals surface area contributed by atoms with Gasteiger partial charge < -0.3 is 10.1 Å². The summed E-state index contributed by atoms with van der Waals surface area (Å²) in [6, 6.07) is 3.87. The standard InChI is InChI=1S/C12H14N2O4/c1-3-4-7-13-12(15)10-6-5-9(14(16)17)8-11(10)18-2/h3,5-6,8H,1,4,7H2,2H3,(H,13,15). The Labute approximate surface area is 104 Å². The molecule has 1 amide bonds. The molecule has 0 spiro atoms. The topological polar surface area (TPSA) is 81.5 Å². The molecule has 0 aliphatic heterocycles. The number of nitrogens with zero attached hydrogens (tertiary/aromatic N) is 1. The van der Waals surface area contributed by atoms with E-state index < -0.39 is 4.92 Å². The van der Waals surface area contributed by atoms with Crippen LogP contribution in [0.5, 0.6) is 5.75 Å². The molecule has 0 saturated carbocycles. The maximum atomic E-state index is 11.8. The minimum atomic E-state index is -0.540. The number of rotatable bonds is 6. The van der Waals surface area contributed by atoms with E-state index in [-0.39, 0.29) is 22.9 Å². The predicted octanol–water partition coefficient (Wildman–Crippen LogP) is 1.91. The van der Waals surface area contributed by atoms with Gasteiger partial charge in [-0.1, -0.05) is 6.08 Å². The molecule has 1 aromatic carbocycles. The Hall–Kier alpha value is -2.37. The van der Waals surface area contributed by atoms with Crippen LogP contribution in [-0.4, -0.2) is 24.5 Å². The maximum absolute atomic E-state index is 11.8. The summed E-state index contributed by atoms with van der Waals surface area (Å²) >= 11 is 0. The third-order valence-corrected chi connectivity index (χ3v) is 2.27. The average molecular weight is 250 g/mol. The van der Waals surface area contributed by atoms with Gasteiger partial charge in [0.15, 0.2) is 0 Å². The molecular weight excluding hydrogens is 236 g/mol. The number of carbonyl (C=O) groups is 1. The van der Waals surface area contributed by atoms with Gasteiger partial charge in [0.25, 0.3) is 11.6 Å². The summed E-state index contributed by atoms with van der Waals surface area (Å²) in [5.41, 5.74) is 0.154. The van der Waals surface area contributed by atoms with Gasteiger partial charge in [-0.2, -0.15) is 0 Å². The highest BCUT2D eigenvalue weighted by Gasteiger charge is 2.16. The molecular formula is C12H14N2O4. The number of carbonyl (C=O) groups excluding carboxylic acids is 1. The minimum Gasteiger partial charge on any atom is -0.496 e. The molecule has 0 saturated heterocycles. The lowest BCUT2D eigenvalue weighted by Gasteiger charge is -2.08. The lowest BCUT2D eigenvalue weighted by atomic mass is 10.1. The smallest absolute Gasteiger partial charge is 0.273 e. The first-order valence-electron chi connectivity index (χ1n) is 5.31. The third-order valence-electron chi connectivity index (χ3n) is 2.27. The number of amides is 1. The highest BCUT2D eigenvalue weighted by atomic mass is 16.6. The van der Waals surface area contributed by atoms with Gasteiger partial charge in [-0.3, -0.25) is 14.9 Å². The van der Waals surface area contributed by atoms with Crippen LogP contribution in [0.2, 0.25) is 0 Å². The van der Waals surface area contributed by atoms with Gasteiger partial charge >= 0.3 is 0 Å². The van der Waals surface area contributed by atoms with Crippen molar-refractivity contribution in [2.24, 2.45) is 0 Å². The molecule has 6 heteroatoms. The molecule has 6 nitrogen and oxygen atoms in total. The summed E-state index contributed by atoms with van der Waals surface area (Å²) < 4.78 is 4.98. The third kappa shape index (κ3) is 3.31. The van der Waals surface area contributed by atoms with Crippen molar-refractivity contribution in [3.8, 4) is 5.75 Å². The summed E-state index contributed by atoms with van der Waals surface area (Å²) in [6.45, 7) is 4.00. The molecule has 0 atom stereocenters. The monoisotopic (exact) mass is 250 g/mol. The van der Waals surface area contributed by atoms with Crippen molar-refractivity contribution in [1.82, 2.24) is 5.32 Å². The average Bonchev–Trinajstić information content (AvgIpc) is 2.38. The first-order chi connectivity index (χ1) is 8.60. The van der Waals surface area contributed by atoms with Gasteiger partial charge in [0.1, 0.15) is 5.75 Å². The van der Waals surface area contributed by atoms with Crippen LogP contribution in [0.4, 0.5) is 5.69 Å². The first kappa shape index (κ1) is 13.7. The Balaban J connectivity index is 2.91. The molecule has 96 valence electrons. The second kappa shape index (κ2) is 6.39. The summed E-state index contributed by atoms with van der Waals surface area (Å²) in [7, 11) is 1.36. The van der Waals surface area contributed by atoms with E-state index in [1.165, 1.54) is 25.3 Å². The largest absolute Gasteiger partial charge is 0.496 e. The van der Waals surface area contributed by atoms with E-state index in [4.69, 9.17) is 4.74 Å². The molecule has 0 aromatic heterocycles. The lowest BCUT2D eigenvalue weighted by Crippen LogP contribution is -2.24. The SMILES string of the molecule is C=CCCNC(=O)c1ccc([N+](=O)[O-])cc1OC. The van der Waals surface area contributed by atoms with E-state index in [0.717, 1.165) is 0 Å². The highest BCUT2D eigenvalue weighted by Crippen LogP contribution is 2.24. The van der Waals surface area contributed by atoms with E-state index in [1.807, 2.05) is 0 Å². The maximum Gasteiger partial charge on any atom is 0.273 e. The van der Waals surface area contributed by atoms with Gasteiger partial charge in [-0.25, -0.2) is 0 Å². The second-order valence-electron chi connectivity index (χ2n) is 3.47. The van der Waals surface area contributed by atoms with Crippen LogP contribution in [-0.2, 0) is 0 Å². The van der Waals surface area contributed by atoms with E-state index in [2.05, 4.69) is 11.9 Å². The quantitative estimate of drug-likeness (QED) is 0.362. The normalized spacial score (nSPS) is 9.61. The lowest BCUT2D eigenvalue weighted by molar-refractivity contribution is -0.384. The van der Waals surface area contributed by atoms with E-state index in [0.29, 0.717) is 13.0 Å². The Bertz CT molecular complexity index is 471. The molecule has 0 radical (unpaired) electrons. The van der Waals surface area contributed by atoms with Crippen molar-refractivity contribution in [2.45, 2.75) is 6.42 Å². The molecule has 1 aromatic rings. The Kier molecular flexibility index (Phi) is 4.86. The number of nitro groups is 1. The van der Waals surface area contributed by atoms with Crippen molar-refractivity contribution >= 4 is 11.6 Å². The molecule has 18 heavy (non-hydrogen) atoms. The molecule has 1 rings (SSSR count). The zero-order valence-electron chi connectivity index (χ0n) is 10.0. The number of nitrogens with one attached hydrogen (secondary N) is 1. The van der Waals surface area contributed by atoms with Crippen LogP contribution < -0.4 is 10.1 Å². The van der Waals surface area contributed by atoms with Crippen LogP contribution in [0.3, 0.4) is 0 Å². The number of hydrogen-bond acceptors (Lipinski definition) is 4. The van der Waals surface area contributed by atoms with Gasteiger partial charge in [-0.05, 0) is 12.5 Å². The van der Waals surface area contributed by atoms with Crippen molar-refractivity contribution < 1.29 is 14.5 Å². The molecule has 0 aliphatic rings. The van der Waals surface area contributed by atoms with Crippen LogP contribution >= 0.6 is 0 Å². The van der Waals surface area contributed by atoms with Crippen LogP contribution in [0.25, 0.3) is 0 Å². The van der Waals surface area contributed by atoms with Gasteiger partial charge in [-0.15, -0.1) is 6.58 Å². The Morgan fingerprint density at radius 2 is 2.33 bits per heavy atom. The Morgan fingerprint density at radius 1 is 1.61 bits per heavy atom. The fourth-order valence-corrected chi connectivity index (χ4v) is 1.36. The fraction of sp³-hybridized carbons (Fsp3) is 0.250. The summed E-state index contributed by atoms with van der Waals surface area (Å²) in [6.07, 6.45) is 2.34. The van der Waals surface area contributed by atoms with Crippen molar-refractivity contribution in [2.75, 3.05) is 13.7 Å². The zero-order valence-corrected chi connectivity index (χ0v) is 10.0. The van der Waals surface area contributed by atoms with Crippen LogP contribution in [0.15, 0.2) is 30.9 Å². The molecule has 0 aliphatic carbocycles. The fourth-order valence-electron chi connectivity index (χ4n) is 1.36. The van der Waals surface area contributed by atoms with Gasteiger partial charge in [0.2, 0.25) is 0 Å². The van der Waals surface area contributed by atoms with Crippen molar-refractivity contribution in [3.63, 3.8) is 0 Å². The number of hydrogen-bond donors (Lipinski definition) is 1. The minimum absolute atomic E-state index is 0.116. The van der Waals surface area contributed by atoms with E-state index in [1.54, 1.807) is 6.08 Å². The number of methoxy groups -OCH3 is 1. The van der Waals surface area contributed by atoms with E-state index in [9.17, 15) is 14.9 Å². The number of benzene rings is 1. The first-order valence-corrected chi connectivity index (χ1v) is 5.31. The molecule has 0 fully saturated rings. The van der Waals surface area contributed by atoms with Crippen molar-refractivity contribution in [1.29, 1.82) is 0 Å². The summed E-state index contributed by atoms with van der Waals surface area (Å²) in [4.78, 5) is 21.8. The molecule has 0 bridgehead atoms. The van der Waals surface area contributed by atoms with Crippen molar-refractivity contribution in [3.05, 3.63) is 46.5 Å². The summed E-state index contributed by atoms with van der Waals surface area (Å²) in [5, 5.41) is 13.3. The second-order valence-corrected chi connectivity index (χ2v) is 3.47. The Morgan fingerprint density at radius 3 is 2.89 bits per heavy atom. The van der Waals surface area contributed by atoms with E-state index >= 15 is 0 Å². The van der Waals surface area contributed by atoms with Gasteiger partial charge in [0.05, 0.1) is 23.7 Å². The number of nitro benzene ring substituents is 1. The predicted molar refractivity (Wildman–Crippen MR) is 66.8 cm³/mol. The number of ether oxygens (including phenoxy) is 1. The molecule has 0 unspecified atom stereocenters. The van der Waals surface area contributed by atoms with Crippen LogP contribution in [0, 0.1) is 10.1 Å². The van der Waals surface area contributed by atoms with Crippen LogP contribution in [0.1, 0.15) is 16.8 Å². The zero-order chi connectivity index (χ0) is 13.5. The molecule has 0 heterocycles. The summed E-state index contributed by atoms with van der Waals surface area (Å²) in [5.74, 6) is -0.149. The highest BCUT2D eigenvalue weighted by molar-refractivity contribution is 5.97. The molecule has 1 N–H and O–H groups in total.